The van der Waals surface area contributed by atoms with E-state index >= 15 is 0 Å². The van der Waals surface area contributed by atoms with Gasteiger partial charge < -0.3 is 4.42 Å². The topological polar surface area (TPSA) is 13.1 Å². The predicted octanol–water partition coefficient (Wildman–Crippen LogP) is 10.0. The van der Waals surface area contributed by atoms with Crippen molar-refractivity contribution in [1.82, 2.24) is 0 Å². The van der Waals surface area contributed by atoms with Crippen LogP contribution in [-0.2, 0) is 12.8 Å². The van der Waals surface area contributed by atoms with E-state index in [1.165, 1.54) is 123 Å². The second kappa shape index (κ2) is 12.3. The number of unbranched alkanes of at least 4 members (excludes halogenated alkanes) is 10. The predicted molar refractivity (Wildman–Crippen MR) is 137 cm³/mol. The summed E-state index contributed by atoms with van der Waals surface area (Å²) >= 11 is 0. The molecule has 0 aliphatic carbocycles. The van der Waals surface area contributed by atoms with Crippen molar-refractivity contribution in [3.8, 4) is 0 Å². The number of fused-ring (bicyclic) bond motifs is 3. The summed E-state index contributed by atoms with van der Waals surface area (Å²) in [7, 11) is 0. The highest BCUT2D eigenvalue weighted by Gasteiger charge is 2.12. The van der Waals surface area contributed by atoms with Gasteiger partial charge in [-0.3, -0.25) is 0 Å². The molecule has 0 unspecified atom stereocenters. The number of aryl methyl sites for hydroxylation is 4. The molecule has 3 aromatic rings. The third-order valence-electron chi connectivity index (χ3n) is 6.99. The van der Waals surface area contributed by atoms with Crippen LogP contribution in [0.15, 0.2) is 28.7 Å². The molecule has 0 amide bonds. The maximum Gasteiger partial charge on any atom is 0.135 e. The van der Waals surface area contributed by atoms with E-state index in [1.54, 1.807) is 0 Å². The Morgan fingerprint density at radius 1 is 0.516 bits per heavy atom. The average molecular weight is 421 g/mol. The summed E-state index contributed by atoms with van der Waals surface area (Å²) in [5.41, 5.74) is 7.87. The number of furan rings is 1. The Bertz CT molecular complexity index is 870. The molecule has 170 valence electrons. The Morgan fingerprint density at radius 3 is 1.32 bits per heavy atom. The zero-order valence-corrected chi connectivity index (χ0v) is 20.6. The number of hydrogen-bond acceptors (Lipinski definition) is 1. The highest BCUT2D eigenvalue weighted by atomic mass is 16.3. The Morgan fingerprint density at radius 2 is 0.903 bits per heavy atom. The van der Waals surface area contributed by atoms with Gasteiger partial charge in [-0.05, 0) is 86.1 Å². The molecule has 3 rings (SSSR count). The smallest absolute Gasteiger partial charge is 0.135 e. The van der Waals surface area contributed by atoms with Gasteiger partial charge in [0.1, 0.15) is 11.2 Å². The first-order valence-electron chi connectivity index (χ1n) is 13.1. The molecule has 1 aromatic heterocycles. The van der Waals surface area contributed by atoms with Crippen molar-refractivity contribution in [2.45, 2.75) is 118 Å². The van der Waals surface area contributed by atoms with E-state index in [4.69, 9.17) is 4.42 Å². The fourth-order valence-corrected chi connectivity index (χ4v) is 4.89. The Hall–Kier alpha value is -1.76. The molecule has 1 nitrogen and oxygen atoms in total. The summed E-state index contributed by atoms with van der Waals surface area (Å²) in [6.07, 6.45) is 18.6. The molecule has 0 atom stereocenters. The van der Waals surface area contributed by atoms with Gasteiger partial charge >= 0.3 is 0 Å². The van der Waals surface area contributed by atoms with Gasteiger partial charge in [0, 0.05) is 10.8 Å². The summed E-state index contributed by atoms with van der Waals surface area (Å²) < 4.78 is 6.26. The molecule has 0 spiro atoms. The highest BCUT2D eigenvalue weighted by molar-refractivity contribution is 6.05. The largest absolute Gasteiger partial charge is 0.456 e. The monoisotopic (exact) mass is 420 g/mol. The van der Waals surface area contributed by atoms with Gasteiger partial charge in [-0.1, -0.05) is 78.1 Å². The molecule has 31 heavy (non-hydrogen) atoms. The van der Waals surface area contributed by atoms with Crippen LogP contribution in [0.2, 0.25) is 0 Å². The first-order chi connectivity index (χ1) is 15.1. The molecule has 1 heterocycles. The summed E-state index contributed by atoms with van der Waals surface area (Å²) in [6.45, 7) is 9.06. The molecule has 0 N–H and O–H groups in total. The molecule has 0 aliphatic heterocycles. The molecule has 0 bridgehead atoms. The van der Waals surface area contributed by atoms with Crippen LogP contribution in [0.3, 0.4) is 0 Å². The summed E-state index contributed by atoms with van der Waals surface area (Å²) in [4.78, 5) is 0. The van der Waals surface area contributed by atoms with Crippen molar-refractivity contribution in [1.29, 1.82) is 0 Å². The maximum atomic E-state index is 6.26. The first kappa shape index (κ1) is 23.9. The summed E-state index contributed by atoms with van der Waals surface area (Å²) in [5.74, 6) is 0. The van der Waals surface area contributed by atoms with Crippen molar-refractivity contribution in [2.75, 3.05) is 0 Å². The van der Waals surface area contributed by atoms with Crippen LogP contribution in [0, 0.1) is 13.8 Å². The minimum absolute atomic E-state index is 1.05. The molecule has 0 saturated carbocycles. The average Bonchev–Trinajstić information content (AvgIpc) is 3.08. The third-order valence-corrected chi connectivity index (χ3v) is 6.99. The van der Waals surface area contributed by atoms with Crippen LogP contribution < -0.4 is 0 Å². The lowest BCUT2D eigenvalue weighted by atomic mass is 9.96. The zero-order chi connectivity index (χ0) is 22.1. The van der Waals surface area contributed by atoms with E-state index in [1.807, 2.05) is 0 Å². The van der Waals surface area contributed by atoms with Crippen LogP contribution in [0.1, 0.15) is 113 Å². The van der Waals surface area contributed by atoms with Crippen molar-refractivity contribution in [3.05, 3.63) is 46.5 Å². The van der Waals surface area contributed by atoms with Gasteiger partial charge in [0.25, 0.3) is 0 Å². The quantitative estimate of drug-likeness (QED) is 0.236. The lowest BCUT2D eigenvalue weighted by Crippen LogP contribution is -1.91. The second-order valence-corrected chi connectivity index (χ2v) is 9.69. The van der Waals surface area contributed by atoms with Gasteiger partial charge in [-0.2, -0.15) is 0 Å². The van der Waals surface area contributed by atoms with Crippen LogP contribution in [0.25, 0.3) is 21.9 Å². The van der Waals surface area contributed by atoms with Crippen molar-refractivity contribution >= 4 is 21.9 Å². The van der Waals surface area contributed by atoms with Crippen LogP contribution >= 0.6 is 0 Å². The normalized spacial score (nSPS) is 11.7. The van der Waals surface area contributed by atoms with Gasteiger partial charge in [0.05, 0.1) is 0 Å². The lowest BCUT2D eigenvalue weighted by molar-refractivity contribution is 0.607. The van der Waals surface area contributed by atoms with Gasteiger partial charge in [0.2, 0.25) is 0 Å². The Balaban J connectivity index is 1.71. The van der Waals surface area contributed by atoms with E-state index in [0.717, 1.165) is 11.2 Å². The van der Waals surface area contributed by atoms with E-state index in [0.29, 0.717) is 0 Å². The van der Waals surface area contributed by atoms with Gasteiger partial charge in [-0.15, -0.1) is 0 Å². The summed E-state index contributed by atoms with van der Waals surface area (Å²) in [6, 6.07) is 9.38. The molecule has 2 aromatic carbocycles. The fraction of sp³-hybridized carbons (Fsp3) is 0.600. The number of benzene rings is 2. The SMILES string of the molecule is CCCCCCCCc1cc2c(cc1C)oc1cc(C)c(CCCCCCCC)cc12. The van der Waals surface area contributed by atoms with E-state index in [-0.39, 0.29) is 0 Å². The Kier molecular flexibility index (Phi) is 9.50. The number of rotatable bonds is 14. The second-order valence-electron chi connectivity index (χ2n) is 9.69. The molecular formula is C30H44O. The molecular weight excluding hydrogens is 376 g/mol. The number of hydrogen-bond donors (Lipinski definition) is 0. The van der Waals surface area contributed by atoms with Crippen molar-refractivity contribution in [2.24, 2.45) is 0 Å². The van der Waals surface area contributed by atoms with Gasteiger partial charge in [-0.25, -0.2) is 0 Å². The zero-order valence-electron chi connectivity index (χ0n) is 20.6. The minimum atomic E-state index is 1.05. The maximum absolute atomic E-state index is 6.26. The summed E-state index contributed by atoms with van der Waals surface area (Å²) in [5, 5.41) is 2.62. The van der Waals surface area contributed by atoms with Crippen LogP contribution in [0.4, 0.5) is 0 Å². The van der Waals surface area contributed by atoms with E-state index in [2.05, 4.69) is 52.0 Å². The van der Waals surface area contributed by atoms with Crippen LogP contribution in [0.5, 0.6) is 0 Å². The standard InChI is InChI=1S/C30H44O/c1-5-7-9-11-13-15-17-25-21-27-28-22-26(18-16-14-12-10-8-6-2)24(4)20-30(28)31-29(27)19-23(25)3/h19-22H,5-18H2,1-4H3. The molecule has 0 fully saturated rings. The van der Waals surface area contributed by atoms with Gasteiger partial charge in [0.15, 0.2) is 0 Å². The molecule has 0 saturated heterocycles. The van der Waals surface area contributed by atoms with Crippen molar-refractivity contribution in [3.63, 3.8) is 0 Å². The Labute approximate surface area is 190 Å². The van der Waals surface area contributed by atoms with E-state index in [9.17, 15) is 0 Å². The molecule has 1 heteroatoms. The first-order valence-corrected chi connectivity index (χ1v) is 13.1. The fourth-order valence-electron chi connectivity index (χ4n) is 4.89. The minimum Gasteiger partial charge on any atom is -0.456 e. The van der Waals surface area contributed by atoms with Crippen LogP contribution in [-0.4, -0.2) is 0 Å². The lowest BCUT2D eigenvalue weighted by Gasteiger charge is -2.07. The van der Waals surface area contributed by atoms with Crippen molar-refractivity contribution < 1.29 is 4.42 Å². The van der Waals surface area contributed by atoms with E-state index < -0.39 is 0 Å². The molecule has 0 aliphatic rings. The molecule has 0 radical (unpaired) electrons. The third kappa shape index (κ3) is 6.61. The highest BCUT2D eigenvalue weighted by Crippen LogP contribution is 2.33.